The van der Waals surface area contributed by atoms with Crippen molar-refractivity contribution in [3.63, 3.8) is 0 Å². The monoisotopic (exact) mass is 299 g/mol. The van der Waals surface area contributed by atoms with Gasteiger partial charge in [-0.15, -0.1) is 0 Å². The Kier molecular flexibility index (Phi) is 3.23. The van der Waals surface area contributed by atoms with Gasteiger partial charge in [-0.1, -0.05) is 48.5 Å². The Bertz CT molecular complexity index is 956. The average molecular weight is 299 g/mol. The molecule has 3 aromatic carbocycles. The molecular weight excluding hydrogens is 282 g/mol. The normalized spacial score (nSPS) is 11.2. The van der Waals surface area contributed by atoms with Crippen molar-refractivity contribution >= 4 is 27.6 Å². The van der Waals surface area contributed by atoms with Crippen molar-refractivity contribution in [2.75, 3.05) is 0 Å². The van der Waals surface area contributed by atoms with Crippen molar-refractivity contribution < 1.29 is 4.79 Å². The molecule has 2 heteroatoms. The average Bonchev–Trinajstić information content (AvgIpc) is 2.90. The van der Waals surface area contributed by atoms with E-state index in [1.165, 1.54) is 21.8 Å². The third kappa shape index (κ3) is 2.33. The van der Waals surface area contributed by atoms with Crippen molar-refractivity contribution in [2.24, 2.45) is 0 Å². The maximum absolute atomic E-state index is 11.3. The quantitative estimate of drug-likeness (QED) is 0.526. The van der Waals surface area contributed by atoms with Gasteiger partial charge in [0.25, 0.3) is 0 Å². The molecule has 0 aliphatic heterocycles. The Morgan fingerprint density at radius 1 is 0.783 bits per heavy atom. The van der Waals surface area contributed by atoms with Crippen LogP contribution in [0.15, 0.2) is 72.8 Å². The second-order valence-electron chi connectivity index (χ2n) is 5.91. The zero-order chi connectivity index (χ0) is 15.8. The Morgan fingerprint density at radius 3 is 1.83 bits per heavy atom. The smallest absolute Gasteiger partial charge is 0.134 e. The van der Waals surface area contributed by atoms with Gasteiger partial charge in [-0.2, -0.15) is 0 Å². The molecule has 4 aromatic rings. The summed E-state index contributed by atoms with van der Waals surface area (Å²) < 4.78 is 2.28. The van der Waals surface area contributed by atoms with Crippen molar-refractivity contribution in [1.29, 1.82) is 0 Å². The first-order valence-corrected chi connectivity index (χ1v) is 7.81. The SMILES string of the molecule is CC(=O)Cc1ccc(-n2c3ccccc3c3ccccc32)cc1. The van der Waals surface area contributed by atoms with Crippen LogP contribution in [0.5, 0.6) is 0 Å². The van der Waals surface area contributed by atoms with Crippen LogP contribution in [-0.4, -0.2) is 10.4 Å². The molecule has 112 valence electrons. The van der Waals surface area contributed by atoms with E-state index in [0.717, 1.165) is 11.3 Å². The van der Waals surface area contributed by atoms with E-state index in [2.05, 4.69) is 65.2 Å². The molecular formula is C21H17NO. The number of fused-ring (bicyclic) bond motifs is 3. The molecule has 0 saturated heterocycles. The van der Waals surface area contributed by atoms with E-state index < -0.39 is 0 Å². The number of benzene rings is 3. The summed E-state index contributed by atoms with van der Waals surface area (Å²) in [6.07, 6.45) is 0.494. The van der Waals surface area contributed by atoms with Crippen molar-refractivity contribution in [2.45, 2.75) is 13.3 Å². The van der Waals surface area contributed by atoms with E-state index in [0.29, 0.717) is 6.42 Å². The van der Waals surface area contributed by atoms with Crippen LogP contribution in [0.25, 0.3) is 27.5 Å². The van der Waals surface area contributed by atoms with Gasteiger partial charge < -0.3 is 4.57 Å². The fourth-order valence-electron chi connectivity index (χ4n) is 3.25. The second kappa shape index (κ2) is 5.40. The molecule has 0 aliphatic carbocycles. The summed E-state index contributed by atoms with van der Waals surface area (Å²) >= 11 is 0. The van der Waals surface area contributed by atoms with Crippen molar-refractivity contribution in [1.82, 2.24) is 4.57 Å². The molecule has 4 rings (SSSR count). The molecule has 1 aromatic heterocycles. The van der Waals surface area contributed by atoms with Crippen molar-refractivity contribution in [3.05, 3.63) is 78.4 Å². The Morgan fingerprint density at radius 2 is 1.30 bits per heavy atom. The number of ketones is 1. The molecule has 2 nitrogen and oxygen atoms in total. The van der Waals surface area contributed by atoms with Gasteiger partial charge in [0.15, 0.2) is 0 Å². The number of carbonyl (C=O) groups is 1. The maximum atomic E-state index is 11.3. The zero-order valence-corrected chi connectivity index (χ0v) is 13.0. The molecule has 0 amide bonds. The van der Waals surface area contributed by atoms with Gasteiger partial charge in [0.2, 0.25) is 0 Å². The number of nitrogens with zero attached hydrogens (tertiary/aromatic N) is 1. The molecule has 0 N–H and O–H groups in total. The van der Waals surface area contributed by atoms with Crippen LogP contribution in [0.3, 0.4) is 0 Å². The largest absolute Gasteiger partial charge is 0.309 e. The molecule has 0 spiro atoms. The number of para-hydroxylation sites is 2. The van der Waals surface area contributed by atoms with Gasteiger partial charge in [-0.25, -0.2) is 0 Å². The predicted octanol–water partition coefficient (Wildman–Crippen LogP) is 4.92. The van der Waals surface area contributed by atoms with Crippen LogP contribution in [-0.2, 0) is 11.2 Å². The molecule has 0 saturated carbocycles. The molecule has 0 fully saturated rings. The number of carbonyl (C=O) groups excluding carboxylic acids is 1. The van der Waals surface area contributed by atoms with Gasteiger partial charge in [0, 0.05) is 22.9 Å². The Balaban J connectivity index is 1.95. The van der Waals surface area contributed by atoms with Gasteiger partial charge in [0.05, 0.1) is 11.0 Å². The standard InChI is InChI=1S/C21H17NO/c1-15(23)14-16-10-12-17(13-11-16)22-20-8-4-2-6-18(20)19-7-3-5-9-21(19)22/h2-13H,14H2,1H3. The van der Waals surface area contributed by atoms with E-state index in [1.54, 1.807) is 6.92 Å². The van der Waals surface area contributed by atoms with E-state index in [4.69, 9.17) is 0 Å². The number of hydrogen-bond acceptors (Lipinski definition) is 1. The zero-order valence-electron chi connectivity index (χ0n) is 13.0. The highest BCUT2D eigenvalue weighted by Crippen LogP contribution is 2.31. The minimum atomic E-state index is 0.189. The van der Waals surface area contributed by atoms with Crippen LogP contribution >= 0.6 is 0 Å². The predicted molar refractivity (Wildman–Crippen MR) is 95.2 cm³/mol. The minimum Gasteiger partial charge on any atom is -0.309 e. The van der Waals surface area contributed by atoms with E-state index in [-0.39, 0.29) is 5.78 Å². The van der Waals surface area contributed by atoms with Crippen LogP contribution in [0.2, 0.25) is 0 Å². The summed E-state index contributed by atoms with van der Waals surface area (Å²) in [6.45, 7) is 1.63. The molecule has 0 radical (unpaired) electrons. The first kappa shape index (κ1) is 13.8. The molecule has 0 bridgehead atoms. The van der Waals surface area contributed by atoms with Gasteiger partial charge in [-0.05, 0) is 36.8 Å². The summed E-state index contributed by atoms with van der Waals surface area (Å²) in [6, 6.07) is 25.2. The fourth-order valence-corrected chi connectivity index (χ4v) is 3.25. The Hall–Kier alpha value is -2.87. The third-order valence-corrected chi connectivity index (χ3v) is 4.23. The first-order chi connectivity index (χ1) is 11.2. The highest BCUT2D eigenvalue weighted by atomic mass is 16.1. The van der Waals surface area contributed by atoms with Crippen LogP contribution in [0, 0.1) is 0 Å². The lowest BCUT2D eigenvalue weighted by Crippen LogP contribution is -1.98. The molecule has 1 heterocycles. The lowest BCUT2D eigenvalue weighted by atomic mass is 10.1. The van der Waals surface area contributed by atoms with Crippen LogP contribution in [0.4, 0.5) is 0 Å². The lowest BCUT2D eigenvalue weighted by molar-refractivity contribution is -0.116. The number of rotatable bonds is 3. The molecule has 0 unspecified atom stereocenters. The number of aromatic nitrogens is 1. The fraction of sp³-hybridized carbons (Fsp3) is 0.0952. The number of Topliss-reactive ketones (excluding diaryl/α,β-unsaturated/α-hetero) is 1. The third-order valence-electron chi connectivity index (χ3n) is 4.23. The second-order valence-corrected chi connectivity index (χ2v) is 5.91. The van der Waals surface area contributed by atoms with Gasteiger partial charge >= 0.3 is 0 Å². The van der Waals surface area contributed by atoms with E-state index >= 15 is 0 Å². The summed E-state index contributed by atoms with van der Waals surface area (Å²) in [5, 5.41) is 2.52. The summed E-state index contributed by atoms with van der Waals surface area (Å²) in [7, 11) is 0. The minimum absolute atomic E-state index is 0.189. The summed E-state index contributed by atoms with van der Waals surface area (Å²) in [4.78, 5) is 11.3. The van der Waals surface area contributed by atoms with Gasteiger partial charge in [-0.3, -0.25) is 4.79 Å². The maximum Gasteiger partial charge on any atom is 0.134 e. The van der Waals surface area contributed by atoms with E-state index in [9.17, 15) is 4.79 Å². The van der Waals surface area contributed by atoms with Gasteiger partial charge in [0.1, 0.15) is 5.78 Å². The molecule has 23 heavy (non-hydrogen) atoms. The lowest BCUT2D eigenvalue weighted by Gasteiger charge is -2.08. The molecule has 0 aliphatic rings. The van der Waals surface area contributed by atoms with Crippen LogP contribution < -0.4 is 0 Å². The van der Waals surface area contributed by atoms with Crippen molar-refractivity contribution in [3.8, 4) is 5.69 Å². The van der Waals surface area contributed by atoms with E-state index in [1.807, 2.05) is 12.1 Å². The topological polar surface area (TPSA) is 22.0 Å². The Labute approximate surface area is 135 Å². The van der Waals surface area contributed by atoms with Crippen LogP contribution in [0.1, 0.15) is 12.5 Å². The first-order valence-electron chi connectivity index (χ1n) is 7.81. The highest BCUT2D eigenvalue weighted by Gasteiger charge is 2.11. The highest BCUT2D eigenvalue weighted by molar-refractivity contribution is 6.09. The number of hydrogen-bond donors (Lipinski definition) is 0. The summed E-state index contributed by atoms with van der Waals surface area (Å²) in [5.74, 6) is 0.189. The summed E-state index contributed by atoms with van der Waals surface area (Å²) in [5.41, 5.74) is 4.58. The molecule has 0 atom stereocenters.